The highest BCUT2D eigenvalue weighted by molar-refractivity contribution is 7.88. The Morgan fingerprint density at radius 1 is 1.38 bits per heavy atom. The Morgan fingerprint density at radius 3 is 2.76 bits per heavy atom. The molecule has 7 nitrogen and oxygen atoms in total. The van der Waals surface area contributed by atoms with Gasteiger partial charge in [0.25, 0.3) is 0 Å². The van der Waals surface area contributed by atoms with Crippen molar-refractivity contribution in [1.29, 1.82) is 0 Å². The van der Waals surface area contributed by atoms with Crippen LogP contribution in [0.25, 0.3) is 0 Å². The van der Waals surface area contributed by atoms with Gasteiger partial charge in [-0.25, -0.2) is 17.7 Å². The van der Waals surface area contributed by atoms with E-state index in [2.05, 4.69) is 10.3 Å². The van der Waals surface area contributed by atoms with Gasteiger partial charge in [0.05, 0.1) is 12.3 Å². The molecule has 1 N–H and O–H groups in total. The third-order valence-corrected chi connectivity index (χ3v) is 5.54. The van der Waals surface area contributed by atoms with Crippen molar-refractivity contribution in [2.24, 2.45) is 0 Å². The highest BCUT2D eigenvalue weighted by Gasteiger charge is 2.27. The van der Waals surface area contributed by atoms with Crippen LogP contribution in [-0.4, -0.2) is 67.0 Å². The molecule has 1 aliphatic heterocycles. The van der Waals surface area contributed by atoms with Gasteiger partial charge in [0.2, 0.25) is 15.9 Å². The van der Waals surface area contributed by atoms with Crippen molar-refractivity contribution in [2.75, 3.05) is 37.8 Å². The Bertz CT molecular complexity index is 573. The van der Waals surface area contributed by atoms with Gasteiger partial charge in [0.15, 0.2) is 5.13 Å². The molecule has 0 aliphatic carbocycles. The average Bonchev–Trinajstić information content (AvgIpc) is 2.77. The second kappa shape index (κ2) is 6.82. The number of anilines is 1. The van der Waals surface area contributed by atoms with Crippen LogP contribution >= 0.6 is 11.3 Å². The fourth-order valence-electron chi connectivity index (χ4n) is 2.29. The highest BCUT2D eigenvalue weighted by atomic mass is 32.2. The smallest absolute Gasteiger partial charge is 0.243 e. The number of thiazole rings is 1. The maximum absolute atomic E-state index is 12.2. The van der Waals surface area contributed by atoms with Gasteiger partial charge in [-0.2, -0.15) is 0 Å². The van der Waals surface area contributed by atoms with Crippen molar-refractivity contribution in [2.45, 2.75) is 19.4 Å². The third kappa shape index (κ3) is 4.47. The summed E-state index contributed by atoms with van der Waals surface area (Å²) >= 11 is 1.37. The predicted octanol–water partition coefficient (Wildman–Crippen LogP) is 0.437. The van der Waals surface area contributed by atoms with Crippen molar-refractivity contribution in [3.63, 3.8) is 0 Å². The summed E-state index contributed by atoms with van der Waals surface area (Å²) in [7, 11) is -3.16. The molecule has 118 valence electrons. The van der Waals surface area contributed by atoms with E-state index in [1.165, 1.54) is 21.9 Å². The van der Waals surface area contributed by atoms with E-state index in [4.69, 9.17) is 0 Å². The largest absolute Gasteiger partial charge is 0.301 e. The molecule has 1 aliphatic rings. The molecule has 0 aromatic carbocycles. The fourth-order valence-corrected chi connectivity index (χ4v) is 3.70. The molecule has 1 aromatic heterocycles. The molecule has 0 radical (unpaired) electrons. The molecule has 1 atom stereocenters. The van der Waals surface area contributed by atoms with Crippen LogP contribution in [0.15, 0.2) is 11.6 Å². The summed E-state index contributed by atoms with van der Waals surface area (Å²) in [6.45, 7) is 4.03. The summed E-state index contributed by atoms with van der Waals surface area (Å²) in [4.78, 5) is 18.2. The standard InChI is InChI=1S/C12H20N4O3S2/c1-10(11(17)14-12-13-4-9-20-12)15-5-3-6-16(8-7-15)21(2,18)19/h4,9-10H,3,5-8H2,1-2H3,(H,13,14,17)/t10-/m1/s1. The van der Waals surface area contributed by atoms with E-state index in [1.54, 1.807) is 11.6 Å². The molecule has 0 bridgehead atoms. The quantitative estimate of drug-likeness (QED) is 0.865. The summed E-state index contributed by atoms with van der Waals surface area (Å²) in [5.74, 6) is -0.113. The van der Waals surface area contributed by atoms with Crippen LogP contribution in [0.3, 0.4) is 0 Å². The predicted molar refractivity (Wildman–Crippen MR) is 82.8 cm³/mol. The molecular formula is C12H20N4O3S2. The number of carbonyl (C=O) groups is 1. The number of sulfonamides is 1. The third-order valence-electron chi connectivity index (χ3n) is 3.55. The second-order valence-corrected chi connectivity index (χ2v) is 7.93. The van der Waals surface area contributed by atoms with Crippen molar-refractivity contribution < 1.29 is 13.2 Å². The van der Waals surface area contributed by atoms with Gasteiger partial charge < -0.3 is 5.32 Å². The van der Waals surface area contributed by atoms with Crippen LogP contribution in [0.5, 0.6) is 0 Å². The van der Waals surface area contributed by atoms with Crippen LogP contribution in [0.1, 0.15) is 13.3 Å². The van der Waals surface area contributed by atoms with Crippen LogP contribution < -0.4 is 5.32 Å². The van der Waals surface area contributed by atoms with Gasteiger partial charge in [-0.15, -0.1) is 11.3 Å². The normalized spacial score (nSPS) is 19.9. The minimum atomic E-state index is -3.16. The first-order valence-electron chi connectivity index (χ1n) is 6.77. The summed E-state index contributed by atoms with van der Waals surface area (Å²) in [5.41, 5.74) is 0. The first kappa shape index (κ1) is 16.3. The fraction of sp³-hybridized carbons (Fsp3) is 0.667. The van der Waals surface area contributed by atoms with Crippen molar-refractivity contribution in [3.05, 3.63) is 11.6 Å². The lowest BCUT2D eigenvalue weighted by molar-refractivity contribution is -0.120. The summed E-state index contributed by atoms with van der Waals surface area (Å²) in [5, 5.41) is 5.16. The number of nitrogens with zero attached hydrogens (tertiary/aromatic N) is 3. The Hall–Kier alpha value is -1.03. The van der Waals surface area contributed by atoms with Gasteiger partial charge in [-0.05, 0) is 13.3 Å². The molecule has 21 heavy (non-hydrogen) atoms. The lowest BCUT2D eigenvalue weighted by atomic mass is 10.2. The van der Waals surface area contributed by atoms with Crippen molar-refractivity contribution in [3.8, 4) is 0 Å². The van der Waals surface area contributed by atoms with E-state index < -0.39 is 10.0 Å². The molecule has 0 spiro atoms. The van der Waals surface area contributed by atoms with Crippen molar-refractivity contribution in [1.82, 2.24) is 14.2 Å². The maximum Gasteiger partial charge on any atom is 0.243 e. The SMILES string of the molecule is C[C@H](C(=O)Nc1nccs1)N1CCCN(S(C)(=O)=O)CC1. The number of aromatic nitrogens is 1. The topological polar surface area (TPSA) is 82.6 Å². The number of nitrogens with one attached hydrogen (secondary N) is 1. The van der Waals surface area contributed by atoms with E-state index in [-0.39, 0.29) is 11.9 Å². The molecular weight excluding hydrogens is 312 g/mol. The number of hydrogen-bond acceptors (Lipinski definition) is 6. The maximum atomic E-state index is 12.2. The molecule has 0 unspecified atom stereocenters. The summed E-state index contributed by atoms with van der Waals surface area (Å²) in [6, 6.07) is -0.312. The minimum Gasteiger partial charge on any atom is -0.301 e. The van der Waals surface area contributed by atoms with E-state index in [9.17, 15) is 13.2 Å². The Balaban J connectivity index is 1.93. The van der Waals surface area contributed by atoms with Gasteiger partial charge in [-0.3, -0.25) is 9.69 Å². The van der Waals surface area contributed by atoms with Gasteiger partial charge in [0, 0.05) is 37.8 Å². The average molecular weight is 332 g/mol. The molecule has 2 heterocycles. The first-order valence-corrected chi connectivity index (χ1v) is 9.50. The zero-order valence-electron chi connectivity index (χ0n) is 12.2. The number of hydrogen-bond donors (Lipinski definition) is 1. The van der Waals surface area contributed by atoms with Crippen LogP contribution in [0.4, 0.5) is 5.13 Å². The Morgan fingerprint density at radius 2 is 2.14 bits per heavy atom. The van der Waals surface area contributed by atoms with Gasteiger partial charge in [-0.1, -0.05) is 0 Å². The molecule has 0 saturated carbocycles. The monoisotopic (exact) mass is 332 g/mol. The zero-order chi connectivity index (χ0) is 15.5. The van der Waals surface area contributed by atoms with Crippen LogP contribution in [0.2, 0.25) is 0 Å². The second-order valence-electron chi connectivity index (χ2n) is 5.05. The lowest BCUT2D eigenvalue weighted by Gasteiger charge is -2.26. The minimum absolute atomic E-state index is 0.113. The lowest BCUT2D eigenvalue weighted by Crippen LogP contribution is -2.44. The molecule has 1 aromatic rings. The van der Waals surface area contributed by atoms with E-state index in [1.807, 2.05) is 11.8 Å². The van der Waals surface area contributed by atoms with E-state index in [0.717, 1.165) is 6.42 Å². The highest BCUT2D eigenvalue weighted by Crippen LogP contribution is 2.14. The van der Waals surface area contributed by atoms with Crippen molar-refractivity contribution >= 4 is 32.4 Å². The first-order chi connectivity index (χ1) is 9.88. The number of amides is 1. The molecule has 1 fully saturated rings. The van der Waals surface area contributed by atoms with E-state index in [0.29, 0.717) is 31.3 Å². The number of carbonyl (C=O) groups excluding carboxylic acids is 1. The molecule has 2 rings (SSSR count). The zero-order valence-corrected chi connectivity index (χ0v) is 13.8. The number of rotatable bonds is 4. The van der Waals surface area contributed by atoms with Crippen LogP contribution in [-0.2, 0) is 14.8 Å². The molecule has 1 saturated heterocycles. The van der Waals surface area contributed by atoms with Crippen LogP contribution in [0, 0.1) is 0 Å². The van der Waals surface area contributed by atoms with Gasteiger partial charge >= 0.3 is 0 Å². The molecule has 9 heteroatoms. The Labute approximate surface area is 129 Å². The summed E-state index contributed by atoms with van der Waals surface area (Å²) in [6.07, 6.45) is 3.59. The van der Waals surface area contributed by atoms with Gasteiger partial charge in [0.1, 0.15) is 0 Å². The van der Waals surface area contributed by atoms with E-state index >= 15 is 0 Å². The molecule has 1 amide bonds. The summed E-state index contributed by atoms with van der Waals surface area (Å²) < 4.78 is 24.6. The Kier molecular flexibility index (Phi) is 5.31.